The largest absolute Gasteiger partial charge is 0.508 e. The van der Waals surface area contributed by atoms with Crippen molar-refractivity contribution in [3.05, 3.63) is 29.8 Å². The van der Waals surface area contributed by atoms with Gasteiger partial charge in [-0.3, -0.25) is 14.5 Å². The number of nitrogens with zero attached hydrogens (tertiary/aromatic N) is 2. The number of rotatable bonds is 12. The van der Waals surface area contributed by atoms with E-state index in [1.54, 1.807) is 26.0 Å². The van der Waals surface area contributed by atoms with E-state index in [-0.39, 0.29) is 31.1 Å². The van der Waals surface area contributed by atoms with Crippen molar-refractivity contribution in [2.75, 3.05) is 6.54 Å². The molecular formula is C28H43N4O8+. The van der Waals surface area contributed by atoms with Gasteiger partial charge in [0.2, 0.25) is 5.91 Å². The summed E-state index contributed by atoms with van der Waals surface area (Å²) in [6.45, 7) is 6.49. The molecule has 0 aliphatic carbocycles. The topological polar surface area (TPSA) is 201 Å². The fourth-order valence-electron chi connectivity index (χ4n) is 5.50. The van der Waals surface area contributed by atoms with E-state index in [0.29, 0.717) is 18.3 Å². The Bertz CT molecular complexity index is 1080. The van der Waals surface area contributed by atoms with Gasteiger partial charge in [0.25, 0.3) is 0 Å². The van der Waals surface area contributed by atoms with E-state index in [1.165, 1.54) is 17.0 Å². The second-order valence-corrected chi connectivity index (χ2v) is 11.2. The summed E-state index contributed by atoms with van der Waals surface area (Å²) in [4.78, 5) is 67.4. The van der Waals surface area contributed by atoms with Crippen LogP contribution >= 0.6 is 0 Å². The molecule has 1 heterocycles. The lowest BCUT2D eigenvalue weighted by Crippen LogP contribution is -2.78. The second kappa shape index (κ2) is 13.9. The van der Waals surface area contributed by atoms with Crippen LogP contribution in [0.4, 0.5) is 0 Å². The van der Waals surface area contributed by atoms with E-state index in [9.17, 15) is 39.3 Å². The number of aliphatic hydroxyl groups is 1. The molecule has 0 aromatic heterocycles. The number of carbonyl (C=O) groups excluding carboxylic acids is 4. The number of aldehydes is 1. The molecule has 0 bridgehead atoms. The number of imide groups is 1. The molecule has 0 radical (unpaired) electrons. The van der Waals surface area contributed by atoms with Gasteiger partial charge in [0.1, 0.15) is 24.1 Å². The molecule has 40 heavy (non-hydrogen) atoms. The summed E-state index contributed by atoms with van der Waals surface area (Å²) >= 11 is 0. The number of quaternary nitrogens is 1. The van der Waals surface area contributed by atoms with Gasteiger partial charge < -0.3 is 31.6 Å². The van der Waals surface area contributed by atoms with Crippen molar-refractivity contribution >= 4 is 30.0 Å². The van der Waals surface area contributed by atoms with Crippen LogP contribution in [-0.4, -0.2) is 91.6 Å². The minimum absolute atomic E-state index is 0.0482. The number of carboxylic acid groups (broad SMARTS) is 1. The molecule has 3 amide bonds. The third kappa shape index (κ3) is 7.11. The summed E-state index contributed by atoms with van der Waals surface area (Å²) in [6, 6.07) is 2.38. The molecule has 0 spiro atoms. The van der Waals surface area contributed by atoms with Crippen molar-refractivity contribution in [2.45, 2.75) is 90.2 Å². The maximum Gasteiger partial charge on any atom is 0.351 e. The molecule has 1 saturated heterocycles. The number of phenols is 1. The van der Waals surface area contributed by atoms with Gasteiger partial charge in [0.15, 0.2) is 12.3 Å². The molecule has 1 aliphatic rings. The zero-order chi connectivity index (χ0) is 30.4. The zero-order valence-electron chi connectivity index (χ0n) is 23.6. The summed E-state index contributed by atoms with van der Waals surface area (Å²) < 4.78 is -1.27. The van der Waals surface area contributed by atoms with Gasteiger partial charge >= 0.3 is 17.8 Å². The van der Waals surface area contributed by atoms with Gasteiger partial charge in [-0.05, 0) is 49.3 Å². The van der Waals surface area contributed by atoms with Crippen LogP contribution in [0.3, 0.4) is 0 Å². The van der Waals surface area contributed by atoms with Crippen molar-refractivity contribution in [3.63, 3.8) is 0 Å². The Kier molecular flexibility index (Phi) is 11.5. The Morgan fingerprint density at radius 2 is 1.70 bits per heavy atom. The minimum atomic E-state index is -1.73. The number of hydrogen-bond donors (Lipinski definition) is 5. The number of carbonyl (C=O) groups is 5. The highest BCUT2D eigenvalue weighted by molar-refractivity contribution is 5.91. The number of carboxylic acids is 1. The van der Waals surface area contributed by atoms with Crippen LogP contribution in [0, 0.1) is 11.8 Å². The molecule has 7 atom stereocenters. The highest BCUT2D eigenvalue weighted by Gasteiger charge is 2.62. The third-order valence-electron chi connectivity index (χ3n) is 7.74. The smallest absolute Gasteiger partial charge is 0.351 e. The Labute approximate surface area is 234 Å². The quantitative estimate of drug-likeness (QED) is 0.176. The van der Waals surface area contributed by atoms with E-state index in [1.807, 2.05) is 6.92 Å². The molecule has 1 aliphatic heterocycles. The van der Waals surface area contributed by atoms with Crippen LogP contribution in [0.2, 0.25) is 0 Å². The number of aromatic hydroxyl groups is 1. The standard InChI is InChI=1S/C28H42N4O8/c1-16(2)25(30)28(40)32(27(39)18(4)34,20(10-12-33)15-24(36)37)23-13-17(3)9-11-31(23)26(38)22(29)14-19-5-7-21(35)8-6-19/h5-8,12,16-18,20,22-23,25,34H,9-11,13-15,29-30H2,1-4H3,(H-,35,36,37)/p+1/t17?,18?,20-,22?,23+,25+,32?/m1/s1. The van der Waals surface area contributed by atoms with Gasteiger partial charge in [-0.2, -0.15) is 4.48 Å². The van der Waals surface area contributed by atoms with Gasteiger partial charge in [0, 0.05) is 13.0 Å². The first-order valence-corrected chi connectivity index (χ1v) is 13.6. The Hall–Kier alpha value is -3.19. The van der Waals surface area contributed by atoms with Crippen LogP contribution in [0.5, 0.6) is 5.75 Å². The van der Waals surface area contributed by atoms with Crippen molar-refractivity contribution in [2.24, 2.45) is 23.3 Å². The van der Waals surface area contributed by atoms with Gasteiger partial charge in [-0.15, -0.1) is 0 Å². The predicted octanol–water partition coefficient (Wildman–Crippen LogP) is 0.513. The molecule has 1 aromatic carbocycles. The molecule has 7 N–H and O–H groups in total. The maximum atomic E-state index is 14.3. The van der Waals surface area contributed by atoms with Crippen LogP contribution in [0.1, 0.15) is 58.9 Å². The molecule has 12 heteroatoms. The van der Waals surface area contributed by atoms with E-state index in [0.717, 1.165) is 6.92 Å². The van der Waals surface area contributed by atoms with Crippen molar-refractivity contribution in [1.82, 2.24) is 4.90 Å². The molecule has 222 valence electrons. The molecule has 0 saturated carbocycles. The molecule has 12 nitrogen and oxygen atoms in total. The number of nitrogens with two attached hydrogens (primary N) is 2. The summed E-state index contributed by atoms with van der Waals surface area (Å²) in [6.07, 6.45) is -3.06. The zero-order valence-corrected chi connectivity index (χ0v) is 23.6. The molecular weight excluding hydrogens is 520 g/mol. The van der Waals surface area contributed by atoms with Crippen LogP contribution in [-0.2, 0) is 30.4 Å². The maximum absolute atomic E-state index is 14.3. The number of piperidine rings is 1. The fraction of sp³-hybridized carbons (Fsp3) is 0.607. The minimum Gasteiger partial charge on any atom is -0.508 e. The highest BCUT2D eigenvalue weighted by Crippen LogP contribution is 2.37. The lowest BCUT2D eigenvalue weighted by Gasteiger charge is -2.52. The van der Waals surface area contributed by atoms with Crippen LogP contribution < -0.4 is 11.5 Å². The van der Waals surface area contributed by atoms with E-state index in [4.69, 9.17) is 11.5 Å². The van der Waals surface area contributed by atoms with E-state index < -0.39 is 77.3 Å². The fourth-order valence-corrected chi connectivity index (χ4v) is 5.50. The van der Waals surface area contributed by atoms with Crippen LogP contribution in [0.15, 0.2) is 24.3 Å². The Morgan fingerprint density at radius 1 is 1.10 bits per heavy atom. The number of phenolic OH excluding ortho intramolecular Hbond substituents is 1. The molecule has 4 unspecified atom stereocenters. The average Bonchev–Trinajstić information content (AvgIpc) is 2.89. The number of hydrogen-bond acceptors (Lipinski definition) is 9. The van der Waals surface area contributed by atoms with Crippen molar-refractivity contribution in [3.8, 4) is 5.75 Å². The Balaban J connectivity index is 2.77. The number of likely N-dealkylation sites (tertiary alicyclic amines) is 1. The summed E-state index contributed by atoms with van der Waals surface area (Å²) in [5.41, 5.74) is 13.3. The third-order valence-corrected chi connectivity index (χ3v) is 7.74. The summed E-state index contributed by atoms with van der Waals surface area (Å²) in [7, 11) is 0. The Morgan fingerprint density at radius 3 is 2.20 bits per heavy atom. The van der Waals surface area contributed by atoms with Gasteiger partial charge in [0.05, 0.1) is 18.9 Å². The van der Waals surface area contributed by atoms with Crippen molar-refractivity contribution < 1.29 is 43.8 Å². The first-order valence-electron chi connectivity index (χ1n) is 13.6. The van der Waals surface area contributed by atoms with Gasteiger partial charge in [-0.25, -0.2) is 9.59 Å². The molecule has 2 rings (SSSR count). The summed E-state index contributed by atoms with van der Waals surface area (Å²) in [5, 5.41) is 29.9. The predicted molar refractivity (Wildman–Crippen MR) is 145 cm³/mol. The van der Waals surface area contributed by atoms with Crippen molar-refractivity contribution in [1.29, 1.82) is 0 Å². The number of benzene rings is 1. The number of amides is 3. The lowest BCUT2D eigenvalue weighted by molar-refractivity contribution is -0.846. The highest BCUT2D eigenvalue weighted by atomic mass is 16.4. The first-order chi connectivity index (χ1) is 18.7. The monoisotopic (exact) mass is 563 g/mol. The van der Waals surface area contributed by atoms with E-state index in [2.05, 4.69) is 0 Å². The molecule has 1 aromatic rings. The van der Waals surface area contributed by atoms with Gasteiger partial charge in [-0.1, -0.05) is 32.9 Å². The summed E-state index contributed by atoms with van der Waals surface area (Å²) in [5.74, 6) is -4.34. The number of aliphatic hydroxyl groups excluding tert-OH is 1. The van der Waals surface area contributed by atoms with Crippen LogP contribution in [0.25, 0.3) is 0 Å². The average molecular weight is 564 g/mol. The lowest BCUT2D eigenvalue weighted by atomic mass is 9.88. The number of aliphatic carboxylic acids is 1. The normalized spacial score (nSPS) is 22.1. The first kappa shape index (κ1) is 33.0. The second-order valence-electron chi connectivity index (χ2n) is 11.2. The molecule has 1 fully saturated rings. The van der Waals surface area contributed by atoms with E-state index >= 15 is 0 Å². The SMILES string of the molecule is CC1CCN(C(=O)C(N)Cc2ccc(O)cc2)[C@@H]([N+](C(=O)C(C)O)(C(=O)[C@@H](N)C(C)C)[C@H](CC=O)CC(=O)O)C1.